The predicted octanol–water partition coefficient (Wildman–Crippen LogP) is 5.92. The zero-order valence-electron chi connectivity index (χ0n) is 17.8. The highest BCUT2D eigenvalue weighted by Crippen LogP contribution is 2.32. The van der Waals surface area contributed by atoms with E-state index in [0.717, 1.165) is 40.5 Å². The number of fused-ring (bicyclic) bond motifs is 1. The van der Waals surface area contributed by atoms with E-state index >= 15 is 0 Å². The molecule has 158 valence electrons. The van der Waals surface area contributed by atoms with Crippen LogP contribution in [0.4, 0.5) is 5.13 Å². The second-order valence-corrected chi connectivity index (χ2v) is 10.1. The summed E-state index contributed by atoms with van der Waals surface area (Å²) in [6.07, 6.45) is 2.66. The van der Waals surface area contributed by atoms with Crippen LogP contribution in [-0.4, -0.2) is 35.9 Å². The molecule has 1 fully saturated rings. The Hall–Kier alpha value is -1.89. The number of hydrogen-bond donors (Lipinski definition) is 0. The van der Waals surface area contributed by atoms with Crippen LogP contribution in [0, 0.1) is 20.8 Å². The van der Waals surface area contributed by atoms with Crippen LogP contribution in [-0.2, 0) is 9.53 Å². The summed E-state index contributed by atoms with van der Waals surface area (Å²) < 4.78 is 6.96. The van der Waals surface area contributed by atoms with Crippen molar-refractivity contribution in [2.75, 3.05) is 23.8 Å². The standard InChI is InChI=1S/C24H28N2O2S2/c1-16-6-8-20(9-7-16)29-12-10-23(27)26(15-19-5-4-11-28-19)24-25-21-13-17(2)18(3)14-22(21)30-24/h6-9,13-14,19H,4-5,10-12,15H2,1-3H3. The molecular formula is C24H28N2O2S2. The number of amides is 1. The summed E-state index contributed by atoms with van der Waals surface area (Å²) in [5.41, 5.74) is 4.70. The Morgan fingerprint density at radius 1 is 1.20 bits per heavy atom. The lowest BCUT2D eigenvalue weighted by atomic mass is 10.1. The molecule has 6 heteroatoms. The van der Waals surface area contributed by atoms with Gasteiger partial charge in [-0.05, 0) is 69.0 Å². The molecule has 2 heterocycles. The Balaban J connectivity index is 1.50. The number of rotatable bonds is 7. The average molecular weight is 441 g/mol. The first-order valence-corrected chi connectivity index (χ1v) is 12.3. The lowest BCUT2D eigenvalue weighted by molar-refractivity contribution is -0.118. The first-order valence-electron chi connectivity index (χ1n) is 10.5. The maximum atomic E-state index is 13.2. The highest BCUT2D eigenvalue weighted by molar-refractivity contribution is 7.99. The van der Waals surface area contributed by atoms with Crippen molar-refractivity contribution in [3.8, 4) is 0 Å². The summed E-state index contributed by atoms with van der Waals surface area (Å²) >= 11 is 3.33. The largest absolute Gasteiger partial charge is 0.376 e. The third-order valence-electron chi connectivity index (χ3n) is 5.54. The molecule has 0 aliphatic carbocycles. The number of aromatic nitrogens is 1. The zero-order chi connectivity index (χ0) is 21.1. The Bertz CT molecular complexity index is 985. The second kappa shape index (κ2) is 9.50. The third-order valence-corrected chi connectivity index (χ3v) is 7.60. The molecule has 1 atom stereocenters. The molecule has 2 aromatic carbocycles. The van der Waals surface area contributed by atoms with E-state index in [1.807, 2.05) is 4.90 Å². The van der Waals surface area contributed by atoms with Crippen LogP contribution < -0.4 is 4.90 Å². The fourth-order valence-corrected chi connectivity index (χ4v) is 5.50. The van der Waals surface area contributed by atoms with Gasteiger partial charge in [0.25, 0.3) is 0 Å². The van der Waals surface area contributed by atoms with E-state index in [1.54, 1.807) is 23.1 Å². The Labute approximate surface area is 186 Å². The summed E-state index contributed by atoms with van der Waals surface area (Å²) in [4.78, 5) is 21.1. The predicted molar refractivity (Wildman–Crippen MR) is 127 cm³/mol. The van der Waals surface area contributed by atoms with E-state index in [0.29, 0.717) is 13.0 Å². The molecule has 4 nitrogen and oxygen atoms in total. The van der Waals surface area contributed by atoms with Gasteiger partial charge in [-0.15, -0.1) is 11.8 Å². The lowest BCUT2D eigenvalue weighted by Crippen LogP contribution is -2.37. The molecule has 0 N–H and O–H groups in total. The van der Waals surface area contributed by atoms with Gasteiger partial charge in [0.1, 0.15) is 0 Å². The number of carbonyl (C=O) groups excluding carboxylic acids is 1. The van der Waals surface area contributed by atoms with Gasteiger partial charge in [0, 0.05) is 23.7 Å². The number of thiazole rings is 1. The van der Waals surface area contributed by atoms with Crippen molar-refractivity contribution in [1.82, 2.24) is 4.98 Å². The van der Waals surface area contributed by atoms with Crippen LogP contribution in [0.15, 0.2) is 41.3 Å². The minimum atomic E-state index is 0.106. The summed E-state index contributed by atoms with van der Waals surface area (Å²) in [5.74, 6) is 0.880. The zero-order valence-corrected chi connectivity index (χ0v) is 19.4. The number of aryl methyl sites for hydroxylation is 3. The maximum Gasteiger partial charge on any atom is 0.229 e. The molecule has 30 heavy (non-hydrogen) atoms. The number of ether oxygens (including phenoxy) is 1. The van der Waals surface area contributed by atoms with Crippen LogP contribution in [0.3, 0.4) is 0 Å². The van der Waals surface area contributed by atoms with E-state index in [2.05, 4.69) is 57.2 Å². The fraction of sp³-hybridized carbons (Fsp3) is 0.417. The monoisotopic (exact) mass is 440 g/mol. The van der Waals surface area contributed by atoms with Crippen LogP contribution >= 0.6 is 23.1 Å². The summed E-state index contributed by atoms with van der Waals surface area (Å²) in [7, 11) is 0. The number of thioether (sulfide) groups is 1. The maximum absolute atomic E-state index is 13.2. The molecule has 1 unspecified atom stereocenters. The molecule has 1 saturated heterocycles. The first kappa shape index (κ1) is 21.3. The molecule has 1 aliphatic rings. The normalized spacial score (nSPS) is 16.3. The summed E-state index contributed by atoms with van der Waals surface area (Å²) in [5, 5.41) is 0.788. The Morgan fingerprint density at radius 3 is 2.70 bits per heavy atom. The van der Waals surface area contributed by atoms with Crippen molar-refractivity contribution in [2.24, 2.45) is 0 Å². The first-order chi connectivity index (χ1) is 14.5. The SMILES string of the molecule is Cc1ccc(SCCC(=O)N(CC2CCCO2)c2nc3cc(C)c(C)cc3s2)cc1. The summed E-state index contributed by atoms with van der Waals surface area (Å²) in [6, 6.07) is 12.7. The molecule has 0 saturated carbocycles. The molecule has 0 radical (unpaired) electrons. The Kier molecular flexibility index (Phi) is 6.76. The molecule has 1 amide bonds. The van der Waals surface area contributed by atoms with Gasteiger partial charge < -0.3 is 4.74 Å². The highest BCUT2D eigenvalue weighted by atomic mass is 32.2. The van der Waals surface area contributed by atoms with E-state index in [9.17, 15) is 4.79 Å². The van der Waals surface area contributed by atoms with Crippen molar-refractivity contribution in [3.05, 3.63) is 53.1 Å². The molecule has 0 spiro atoms. The minimum Gasteiger partial charge on any atom is -0.376 e. The van der Waals surface area contributed by atoms with E-state index in [1.165, 1.54) is 21.6 Å². The third kappa shape index (κ3) is 5.05. The molecule has 3 aromatic rings. The number of hydrogen-bond acceptors (Lipinski definition) is 5. The van der Waals surface area contributed by atoms with Gasteiger partial charge in [0.2, 0.25) is 5.91 Å². The van der Waals surface area contributed by atoms with Gasteiger partial charge in [0.15, 0.2) is 5.13 Å². The van der Waals surface area contributed by atoms with Crippen molar-refractivity contribution >= 4 is 44.4 Å². The van der Waals surface area contributed by atoms with Crippen molar-refractivity contribution in [1.29, 1.82) is 0 Å². The lowest BCUT2D eigenvalue weighted by Gasteiger charge is -2.23. The second-order valence-electron chi connectivity index (χ2n) is 7.95. The smallest absolute Gasteiger partial charge is 0.229 e. The molecule has 4 rings (SSSR count). The molecule has 1 aliphatic heterocycles. The van der Waals surface area contributed by atoms with E-state index < -0.39 is 0 Å². The van der Waals surface area contributed by atoms with E-state index in [4.69, 9.17) is 9.72 Å². The van der Waals surface area contributed by atoms with Crippen LogP contribution in [0.5, 0.6) is 0 Å². The Morgan fingerprint density at radius 2 is 1.97 bits per heavy atom. The molecule has 1 aromatic heterocycles. The molecule has 0 bridgehead atoms. The van der Waals surface area contributed by atoms with Crippen molar-refractivity contribution < 1.29 is 9.53 Å². The van der Waals surface area contributed by atoms with Crippen LogP contribution in [0.2, 0.25) is 0 Å². The topological polar surface area (TPSA) is 42.4 Å². The average Bonchev–Trinajstić information content (AvgIpc) is 3.37. The number of benzene rings is 2. The highest BCUT2D eigenvalue weighted by Gasteiger charge is 2.26. The van der Waals surface area contributed by atoms with Crippen LogP contribution in [0.1, 0.15) is 36.0 Å². The number of carbonyl (C=O) groups is 1. The number of nitrogens with zero attached hydrogens (tertiary/aromatic N) is 2. The van der Waals surface area contributed by atoms with Crippen molar-refractivity contribution in [2.45, 2.75) is 51.0 Å². The van der Waals surface area contributed by atoms with Crippen LogP contribution in [0.25, 0.3) is 10.2 Å². The van der Waals surface area contributed by atoms with Gasteiger partial charge in [-0.3, -0.25) is 9.69 Å². The minimum absolute atomic E-state index is 0.106. The van der Waals surface area contributed by atoms with Crippen molar-refractivity contribution in [3.63, 3.8) is 0 Å². The molecular weight excluding hydrogens is 412 g/mol. The van der Waals surface area contributed by atoms with Gasteiger partial charge in [-0.1, -0.05) is 29.0 Å². The fourth-order valence-electron chi connectivity index (χ4n) is 3.59. The summed E-state index contributed by atoms with van der Waals surface area (Å²) in [6.45, 7) is 7.68. The van der Waals surface area contributed by atoms with Gasteiger partial charge in [-0.25, -0.2) is 4.98 Å². The van der Waals surface area contributed by atoms with E-state index in [-0.39, 0.29) is 12.0 Å². The number of anilines is 1. The van der Waals surface area contributed by atoms with Gasteiger partial charge >= 0.3 is 0 Å². The quantitative estimate of drug-likeness (QED) is 0.428. The van der Waals surface area contributed by atoms with Gasteiger partial charge in [-0.2, -0.15) is 0 Å². The van der Waals surface area contributed by atoms with Gasteiger partial charge in [0.05, 0.1) is 22.9 Å².